The fourth-order valence-electron chi connectivity index (χ4n) is 1.62. The Morgan fingerprint density at radius 1 is 1.35 bits per heavy atom. The molecule has 0 unspecified atom stereocenters. The van der Waals surface area contributed by atoms with Crippen LogP contribution < -0.4 is 5.32 Å². The Balaban J connectivity index is 2.67. The highest BCUT2D eigenvalue weighted by Gasteiger charge is 2.13. The van der Waals surface area contributed by atoms with E-state index in [-0.39, 0.29) is 0 Å². The number of hydrogen-bond donors (Lipinski definition) is 1. The first-order chi connectivity index (χ1) is 8.19. The molecule has 0 aromatic carbocycles. The Bertz CT molecular complexity index is 323. The summed E-state index contributed by atoms with van der Waals surface area (Å²) in [6.07, 6.45) is 1.17. The lowest BCUT2D eigenvalue weighted by molar-refractivity contribution is 0.133. The van der Waals surface area contributed by atoms with Crippen molar-refractivity contribution in [2.75, 3.05) is 13.2 Å². The third kappa shape index (κ3) is 4.74. The van der Waals surface area contributed by atoms with E-state index >= 15 is 0 Å². The van der Waals surface area contributed by atoms with Gasteiger partial charge in [0.05, 0.1) is 12.3 Å². The summed E-state index contributed by atoms with van der Waals surface area (Å²) in [6.45, 7) is 12.0. The minimum Gasteiger partial charge on any atom is -0.375 e. The van der Waals surface area contributed by atoms with Crippen LogP contribution in [-0.4, -0.2) is 18.1 Å². The first-order valence-electron chi connectivity index (χ1n) is 6.45. The summed E-state index contributed by atoms with van der Waals surface area (Å²) in [7, 11) is 0. The lowest BCUT2D eigenvalue weighted by Crippen LogP contribution is -2.14. The van der Waals surface area contributed by atoms with E-state index in [9.17, 15) is 0 Å². The topological polar surface area (TPSA) is 34.1 Å². The monoisotopic (exact) mass is 256 g/mol. The van der Waals surface area contributed by atoms with Gasteiger partial charge in [0.25, 0.3) is 0 Å². The standard InChI is InChI=1S/C13H24N2OS/c1-5-7-14-8-11-13(10(3)4)15-12(17-11)9-16-6-2/h10,14H,5-9H2,1-4H3. The van der Waals surface area contributed by atoms with Crippen LogP contribution in [0.15, 0.2) is 0 Å². The summed E-state index contributed by atoms with van der Waals surface area (Å²) in [6, 6.07) is 0. The molecule has 3 nitrogen and oxygen atoms in total. The van der Waals surface area contributed by atoms with E-state index in [2.05, 4.69) is 31.1 Å². The molecule has 0 saturated carbocycles. The van der Waals surface area contributed by atoms with Crippen molar-refractivity contribution >= 4 is 11.3 Å². The molecule has 0 aliphatic carbocycles. The van der Waals surface area contributed by atoms with E-state index in [4.69, 9.17) is 4.74 Å². The molecule has 0 amide bonds. The third-order valence-corrected chi connectivity index (χ3v) is 3.51. The lowest BCUT2D eigenvalue weighted by atomic mass is 10.1. The van der Waals surface area contributed by atoms with Crippen molar-refractivity contribution in [1.82, 2.24) is 10.3 Å². The number of nitrogens with zero attached hydrogens (tertiary/aromatic N) is 1. The van der Waals surface area contributed by atoms with Gasteiger partial charge in [-0.15, -0.1) is 11.3 Å². The summed E-state index contributed by atoms with van der Waals surface area (Å²) < 4.78 is 5.42. The molecule has 0 aliphatic heterocycles. The molecule has 1 aromatic rings. The van der Waals surface area contributed by atoms with Crippen molar-refractivity contribution < 1.29 is 4.74 Å². The summed E-state index contributed by atoms with van der Waals surface area (Å²) in [5.41, 5.74) is 1.23. The second-order valence-corrected chi connectivity index (χ2v) is 5.55. The largest absolute Gasteiger partial charge is 0.375 e. The van der Waals surface area contributed by atoms with Gasteiger partial charge in [-0.3, -0.25) is 0 Å². The average molecular weight is 256 g/mol. The van der Waals surface area contributed by atoms with Crippen molar-refractivity contribution in [1.29, 1.82) is 0 Å². The zero-order chi connectivity index (χ0) is 12.7. The number of ether oxygens (including phenoxy) is 1. The van der Waals surface area contributed by atoms with E-state index in [1.807, 2.05) is 6.92 Å². The van der Waals surface area contributed by atoms with Gasteiger partial charge in [-0.05, 0) is 25.8 Å². The molecule has 0 bridgehead atoms. The van der Waals surface area contributed by atoms with Gasteiger partial charge in [-0.2, -0.15) is 0 Å². The van der Waals surface area contributed by atoms with Gasteiger partial charge in [-0.1, -0.05) is 20.8 Å². The van der Waals surface area contributed by atoms with Crippen LogP contribution in [-0.2, 0) is 17.9 Å². The highest BCUT2D eigenvalue weighted by Crippen LogP contribution is 2.25. The minimum atomic E-state index is 0.486. The molecule has 0 atom stereocenters. The van der Waals surface area contributed by atoms with Crippen LogP contribution in [0.5, 0.6) is 0 Å². The second kappa shape index (κ2) is 7.80. The molecule has 0 radical (unpaired) electrons. The first-order valence-corrected chi connectivity index (χ1v) is 7.27. The number of rotatable bonds is 8. The molecule has 98 valence electrons. The Hall–Kier alpha value is -0.450. The molecule has 1 N–H and O–H groups in total. The predicted octanol–water partition coefficient (Wildman–Crippen LogP) is 3.30. The van der Waals surface area contributed by atoms with Crippen LogP contribution in [0, 0.1) is 0 Å². The Kier molecular flexibility index (Phi) is 6.70. The molecule has 0 saturated heterocycles. The van der Waals surface area contributed by atoms with Crippen molar-refractivity contribution in [3.63, 3.8) is 0 Å². The maximum absolute atomic E-state index is 5.42. The molecule has 1 heterocycles. The molecule has 4 heteroatoms. The Labute approximate surface area is 109 Å². The van der Waals surface area contributed by atoms with E-state index < -0.39 is 0 Å². The SMILES string of the molecule is CCCNCc1sc(COCC)nc1C(C)C. The van der Waals surface area contributed by atoms with Gasteiger partial charge in [0.2, 0.25) is 0 Å². The Morgan fingerprint density at radius 2 is 2.12 bits per heavy atom. The smallest absolute Gasteiger partial charge is 0.119 e. The van der Waals surface area contributed by atoms with Crippen LogP contribution >= 0.6 is 11.3 Å². The molecule has 1 aromatic heterocycles. The van der Waals surface area contributed by atoms with Crippen molar-refractivity contribution in [3.05, 3.63) is 15.6 Å². The highest BCUT2D eigenvalue weighted by atomic mass is 32.1. The van der Waals surface area contributed by atoms with Crippen molar-refractivity contribution in [2.24, 2.45) is 0 Å². The fraction of sp³-hybridized carbons (Fsp3) is 0.769. The quantitative estimate of drug-likeness (QED) is 0.725. The summed E-state index contributed by atoms with van der Waals surface area (Å²) in [4.78, 5) is 6.04. The lowest BCUT2D eigenvalue weighted by Gasteiger charge is -2.05. The molecule has 0 aliphatic rings. The molecule has 0 spiro atoms. The second-order valence-electron chi connectivity index (χ2n) is 4.38. The molecule has 1 rings (SSSR count). The van der Waals surface area contributed by atoms with Crippen LogP contribution in [0.25, 0.3) is 0 Å². The van der Waals surface area contributed by atoms with Gasteiger partial charge in [0.1, 0.15) is 5.01 Å². The van der Waals surface area contributed by atoms with Crippen molar-refractivity contribution in [2.45, 2.75) is 53.2 Å². The first kappa shape index (κ1) is 14.6. The fourth-order valence-corrected chi connectivity index (χ4v) is 2.75. The van der Waals surface area contributed by atoms with Gasteiger partial charge in [0, 0.05) is 18.0 Å². The highest BCUT2D eigenvalue weighted by molar-refractivity contribution is 7.11. The minimum absolute atomic E-state index is 0.486. The summed E-state index contributed by atoms with van der Waals surface area (Å²) in [5.74, 6) is 0.486. The normalized spacial score (nSPS) is 11.4. The third-order valence-electron chi connectivity index (χ3n) is 2.46. The number of nitrogens with one attached hydrogen (secondary N) is 1. The zero-order valence-electron chi connectivity index (χ0n) is 11.4. The average Bonchev–Trinajstić information content (AvgIpc) is 2.70. The van der Waals surface area contributed by atoms with Gasteiger partial charge in [-0.25, -0.2) is 4.98 Å². The van der Waals surface area contributed by atoms with Crippen LogP contribution in [0.2, 0.25) is 0 Å². The zero-order valence-corrected chi connectivity index (χ0v) is 12.2. The van der Waals surface area contributed by atoms with Gasteiger partial charge >= 0.3 is 0 Å². The van der Waals surface area contributed by atoms with Crippen LogP contribution in [0.3, 0.4) is 0 Å². The maximum atomic E-state index is 5.42. The van der Waals surface area contributed by atoms with Gasteiger partial charge < -0.3 is 10.1 Å². The molecular weight excluding hydrogens is 232 g/mol. The summed E-state index contributed by atoms with van der Waals surface area (Å²) >= 11 is 1.78. The maximum Gasteiger partial charge on any atom is 0.119 e. The van der Waals surface area contributed by atoms with E-state index in [0.717, 1.165) is 24.7 Å². The van der Waals surface area contributed by atoms with Crippen molar-refractivity contribution in [3.8, 4) is 0 Å². The van der Waals surface area contributed by atoms with Gasteiger partial charge in [0.15, 0.2) is 0 Å². The van der Waals surface area contributed by atoms with Crippen LogP contribution in [0.1, 0.15) is 55.6 Å². The van der Waals surface area contributed by atoms with Crippen LogP contribution in [0.4, 0.5) is 0 Å². The molecule has 0 fully saturated rings. The number of aromatic nitrogens is 1. The van der Waals surface area contributed by atoms with E-state index in [1.54, 1.807) is 11.3 Å². The molecule has 17 heavy (non-hydrogen) atoms. The van der Waals surface area contributed by atoms with E-state index in [0.29, 0.717) is 12.5 Å². The molecular formula is C13H24N2OS. The van der Waals surface area contributed by atoms with E-state index in [1.165, 1.54) is 17.0 Å². The number of thiazole rings is 1. The Morgan fingerprint density at radius 3 is 2.71 bits per heavy atom. The number of hydrogen-bond acceptors (Lipinski definition) is 4. The predicted molar refractivity (Wildman–Crippen MR) is 73.5 cm³/mol. The summed E-state index contributed by atoms with van der Waals surface area (Å²) in [5, 5.41) is 4.55.